The van der Waals surface area contributed by atoms with Gasteiger partial charge in [0.1, 0.15) is 0 Å². The third-order valence-electron chi connectivity index (χ3n) is 3.97. The molecule has 0 spiro atoms. The van der Waals surface area contributed by atoms with Gasteiger partial charge in [-0.15, -0.1) is 0 Å². The van der Waals surface area contributed by atoms with Gasteiger partial charge in [-0.2, -0.15) is 0 Å². The molecule has 98 valence electrons. The molecule has 16 heavy (non-hydrogen) atoms. The van der Waals surface area contributed by atoms with E-state index in [1.54, 1.807) is 0 Å². The Bertz CT molecular complexity index is 172. The van der Waals surface area contributed by atoms with Crippen molar-refractivity contribution in [3.63, 3.8) is 0 Å². The summed E-state index contributed by atoms with van der Waals surface area (Å²) in [5.74, 6) is 0.675. The summed E-state index contributed by atoms with van der Waals surface area (Å²) in [5, 5.41) is 3.75. The van der Waals surface area contributed by atoms with E-state index < -0.39 is 0 Å². The lowest BCUT2D eigenvalue weighted by Crippen LogP contribution is -2.60. The Kier molecular flexibility index (Phi) is 7.25. The van der Waals surface area contributed by atoms with Gasteiger partial charge in [0.05, 0.1) is 0 Å². The van der Waals surface area contributed by atoms with Crippen LogP contribution >= 0.6 is 0 Å². The van der Waals surface area contributed by atoms with Crippen molar-refractivity contribution in [1.82, 2.24) is 10.2 Å². The number of nitrogens with zero attached hydrogens (tertiary/aromatic N) is 1. The van der Waals surface area contributed by atoms with Gasteiger partial charge in [-0.1, -0.05) is 34.6 Å². The molecule has 0 bridgehead atoms. The highest BCUT2D eigenvalue weighted by atomic mass is 15.2. The predicted octanol–water partition coefficient (Wildman–Crippen LogP) is 3.13. The summed E-state index contributed by atoms with van der Waals surface area (Å²) in [6.07, 6.45) is 3.62. The predicted molar refractivity (Wildman–Crippen MR) is 73.9 cm³/mol. The van der Waals surface area contributed by atoms with Crippen LogP contribution < -0.4 is 5.32 Å². The Balaban J connectivity index is 4.92. The lowest BCUT2D eigenvalue weighted by molar-refractivity contribution is 0.0669. The van der Waals surface area contributed by atoms with E-state index in [4.69, 9.17) is 0 Å². The average Bonchev–Trinajstić information content (AvgIpc) is 2.23. The minimum atomic E-state index is 0.295. The van der Waals surface area contributed by atoms with Crippen molar-refractivity contribution in [2.45, 2.75) is 65.5 Å². The van der Waals surface area contributed by atoms with Gasteiger partial charge in [0.25, 0.3) is 0 Å². The molecule has 1 atom stereocenters. The molecule has 0 saturated heterocycles. The highest BCUT2D eigenvalue weighted by Crippen LogP contribution is 2.29. The molecule has 1 N–H and O–H groups in total. The van der Waals surface area contributed by atoms with Crippen LogP contribution in [-0.2, 0) is 0 Å². The molecule has 2 heteroatoms. The SMILES string of the molecule is CCCNC(C(C)C)C(CC)(CC)N(C)C. The van der Waals surface area contributed by atoms with E-state index in [1.807, 2.05) is 0 Å². The molecule has 0 amide bonds. The first-order valence-electron chi connectivity index (χ1n) is 6.87. The summed E-state index contributed by atoms with van der Waals surface area (Å²) in [5.41, 5.74) is 0.295. The Labute approximate surface area is 103 Å². The van der Waals surface area contributed by atoms with E-state index in [2.05, 4.69) is 58.9 Å². The van der Waals surface area contributed by atoms with Crippen molar-refractivity contribution >= 4 is 0 Å². The Morgan fingerprint density at radius 3 is 1.81 bits per heavy atom. The maximum absolute atomic E-state index is 3.75. The summed E-state index contributed by atoms with van der Waals surface area (Å²) < 4.78 is 0. The smallest absolute Gasteiger partial charge is 0.0353 e. The molecule has 0 aromatic carbocycles. The first kappa shape index (κ1) is 15.9. The zero-order valence-electron chi connectivity index (χ0n) is 12.4. The molecular weight excluding hydrogens is 196 g/mol. The second kappa shape index (κ2) is 7.29. The van der Waals surface area contributed by atoms with Crippen LogP contribution in [0.4, 0.5) is 0 Å². The van der Waals surface area contributed by atoms with Crippen LogP contribution in [-0.4, -0.2) is 37.1 Å². The Morgan fingerprint density at radius 2 is 1.56 bits per heavy atom. The standard InChI is InChI=1S/C14H32N2/c1-8-11-15-13(12(4)5)14(9-2,10-3)16(6)7/h12-13,15H,8-11H2,1-7H3. The van der Waals surface area contributed by atoms with Crippen molar-refractivity contribution in [2.75, 3.05) is 20.6 Å². The summed E-state index contributed by atoms with van der Waals surface area (Å²) in [6, 6.07) is 0.581. The van der Waals surface area contributed by atoms with Gasteiger partial charge in [0, 0.05) is 11.6 Å². The lowest BCUT2D eigenvalue weighted by atomic mass is 9.77. The summed E-state index contributed by atoms with van der Waals surface area (Å²) in [7, 11) is 4.44. The quantitative estimate of drug-likeness (QED) is 0.686. The summed E-state index contributed by atoms with van der Waals surface area (Å²) in [4.78, 5) is 2.42. The second-order valence-electron chi connectivity index (χ2n) is 5.38. The molecule has 0 heterocycles. The van der Waals surface area contributed by atoms with Crippen molar-refractivity contribution in [3.8, 4) is 0 Å². The van der Waals surface area contributed by atoms with Crippen LogP contribution in [0.15, 0.2) is 0 Å². The number of hydrogen-bond donors (Lipinski definition) is 1. The van der Waals surface area contributed by atoms with Gasteiger partial charge in [-0.3, -0.25) is 0 Å². The number of likely N-dealkylation sites (N-methyl/N-ethyl adjacent to an activating group) is 1. The van der Waals surface area contributed by atoms with E-state index >= 15 is 0 Å². The van der Waals surface area contributed by atoms with E-state index in [1.165, 1.54) is 19.3 Å². The second-order valence-corrected chi connectivity index (χ2v) is 5.38. The fourth-order valence-electron chi connectivity index (χ4n) is 2.95. The molecule has 0 aliphatic rings. The third kappa shape index (κ3) is 3.46. The molecule has 1 unspecified atom stereocenters. The van der Waals surface area contributed by atoms with E-state index in [-0.39, 0.29) is 0 Å². The molecule has 0 fully saturated rings. The first-order chi connectivity index (χ1) is 7.46. The van der Waals surface area contributed by atoms with Gasteiger partial charge in [-0.05, 0) is 45.8 Å². The van der Waals surface area contributed by atoms with Crippen molar-refractivity contribution in [1.29, 1.82) is 0 Å². The minimum absolute atomic E-state index is 0.295. The van der Waals surface area contributed by atoms with Gasteiger partial charge in [-0.25, -0.2) is 0 Å². The Morgan fingerprint density at radius 1 is 1.06 bits per heavy atom. The third-order valence-corrected chi connectivity index (χ3v) is 3.97. The molecule has 0 aliphatic heterocycles. The molecule has 0 aromatic heterocycles. The number of nitrogens with one attached hydrogen (secondary N) is 1. The van der Waals surface area contributed by atoms with Crippen LogP contribution in [0.5, 0.6) is 0 Å². The van der Waals surface area contributed by atoms with Gasteiger partial charge >= 0.3 is 0 Å². The lowest BCUT2D eigenvalue weighted by Gasteiger charge is -2.47. The molecule has 0 aromatic rings. The largest absolute Gasteiger partial charge is 0.312 e. The molecule has 0 aliphatic carbocycles. The van der Waals surface area contributed by atoms with Crippen molar-refractivity contribution < 1.29 is 0 Å². The molecule has 0 rings (SSSR count). The van der Waals surface area contributed by atoms with Crippen molar-refractivity contribution in [2.24, 2.45) is 5.92 Å². The summed E-state index contributed by atoms with van der Waals surface area (Å²) >= 11 is 0. The average molecular weight is 228 g/mol. The van der Waals surface area contributed by atoms with Gasteiger partial charge < -0.3 is 10.2 Å². The fraction of sp³-hybridized carbons (Fsp3) is 1.00. The fourth-order valence-corrected chi connectivity index (χ4v) is 2.95. The maximum atomic E-state index is 3.75. The highest BCUT2D eigenvalue weighted by molar-refractivity contribution is 4.98. The minimum Gasteiger partial charge on any atom is -0.312 e. The van der Waals surface area contributed by atoms with Crippen LogP contribution in [0.25, 0.3) is 0 Å². The summed E-state index contributed by atoms with van der Waals surface area (Å²) in [6.45, 7) is 12.6. The van der Waals surface area contributed by atoms with Crippen LogP contribution in [0.1, 0.15) is 53.9 Å². The van der Waals surface area contributed by atoms with E-state index in [0.717, 1.165) is 6.54 Å². The van der Waals surface area contributed by atoms with Gasteiger partial charge in [0.15, 0.2) is 0 Å². The van der Waals surface area contributed by atoms with E-state index in [9.17, 15) is 0 Å². The highest BCUT2D eigenvalue weighted by Gasteiger charge is 2.38. The van der Waals surface area contributed by atoms with Crippen LogP contribution in [0, 0.1) is 5.92 Å². The number of hydrogen-bond acceptors (Lipinski definition) is 2. The normalized spacial score (nSPS) is 14.8. The monoisotopic (exact) mass is 228 g/mol. The zero-order chi connectivity index (χ0) is 12.8. The topological polar surface area (TPSA) is 15.3 Å². The molecule has 0 saturated carbocycles. The molecule has 2 nitrogen and oxygen atoms in total. The van der Waals surface area contributed by atoms with Crippen LogP contribution in [0.2, 0.25) is 0 Å². The van der Waals surface area contributed by atoms with Crippen LogP contribution in [0.3, 0.4) is 0 Å². The van der Waals surface area contributed by atoms with E-state index in [0.29, 0.717) is 17.5 Å². The molecular formula is C14H32N2. The van der Waals surface area contributed by atoms with Crippen molar-refractivity contribution in [3.05, 3.63) is 0 Å². The zero-order valence-corrected chi connectivity index (χ0v) is 12.4. The number of rotatable bonds is 8. The van der Waals surface area contributed by atoms with Gasteiger partial charge in [0.2, 0.25) is 0 Å². The maximum Gasteiger partial charge on any atom is 0.0353 e. The molecule has 0 radical (unpaired) electrons. The Hall–Kier alpha value is -0.0800. The first-order valence-corrected chi connectivity index (χ1v) is 6.87.